The van der Waals surface area contributed by atoms with E-state index in [0.717, 1.165) is 35.5 Å². The van der Waals surface area contributed by atoms with E-state index in [4.69, 9.17) is 4.74 Å². The van der Waals surface area contributed by atoms with Crippen LogP contribution in [0.1, 0.15) is 62.1 Å². The summed E-state index contributed by atoms with van der Waals surface area (Å²) in [7, 11) is 0. The van der Waals surface area contributed by atoms with Crippen molar-refractivity contribution in [2.24, 2.45) is 0 Å². The molecule has 1 aromatic heterocycles. The third-order valence-corrected chi connectivity index (χ3v) is 6.96. The first-order valence-corrected chi connectivity index (χ1v) is 11.3. The highest BCUT2D eigenvalue weighted by Crippen LogP contribution is 2.35. The topological polar surface area (TPSA) is 42.4 Å². The summed E-state index contributed by atoms with van der Waals surface area (Å²) in [6.07, 6.45) is 10.4. The Morgan fingerprint density at radius 2 is 1.86 bits per heavy atom. The van der Waals surface area contributed by atoms with E-state index in [1.54, 1.807) is 0 Å². The first kappa shape index (κ1) is 19.3. The number of rotatable bonds is 5. The Hall–Kier alpha value is -2.01. The molecule has 2 aromatic rings. The Bertz CT molecular complexity index is 760. The minimum Gasteiger partial charge on any atom is -0.445 e. The van der Waals surface area contributed by atoms with Gasteiger partial charge in [-0.25, -0.2) is 9.78 Å². The largest absolute Gasteiger partial charge is 0.445 e. The smallest absolute Gasteiger partial charge is 0.410 e. The van der Waals surface area contributed by atoms with E-state index in [0.29, 0.717) is 11.9 Å². The fraction of sp³-hybridized carbons (Fsp3) is 0.478. The predicted octanol–water partition coefficient (Wildman–Crippen LogP) is 5.98. The van der Waals surface area contributed by atoms with Crippen molar-refractivity contribution in [1.82, 2.24) is 9.88 Å². The lowest BCUT2D eigenvalue weighted by atomic mass is 10.0. The second-order valence-electron chi connectivity index (χ2n) is 7.70. The summed E-state index contributed by atoms with van der Waals surface area (Å²) in [4.78, 5) is 19.2. The lowest BCUT2D eigenvalue weighted by Crippen LogP contribution is -2.31. The van der Waals surface area contributed by atoms with Crippen molar-refractivity contribution in [3.63, 3.8) is 0 Å². The minimum atomic E-state index is -0.230. The van der Waals surface area contributed by atoms with Gasteiger partial charge in [0.2, 0.25) is 0 Å². The molecule has 1 aromatic carbocycles. The van der Waals surface area contributed by atoms with Crippen LogP contribution in [0.2, 0.25) is 0 Å². The molecule has 1 aliphatic carbocycles. The van der Waals surface area contributed by atoms with Gasteiger partial charge in [0.05, 0.1) is 11.1 Å². The molecule has 0 spiro atoms. The van der Waals surface area contributed by atoms with E-state index in [-0.39, 0.29) is 12.1 Å². The molecule has 1 atom stereocenters. The molecule has 0 radical (unpaired) electrons. The van der Waals surface area contributed by atoms with Crippen molar-refractivity contribution < 1.29 is 9.53 Å². The summed E-state index contributed by atoms with van der Waals surface area (Å²) in [6.45, 7) is 1.06. The number of ether oxygens (including phenoxy) is 1. The fourth-order valence-electron chi connectivity index (χ4n) is 4.15. The molecule has 1 aliphatic heterocycles. The van der Waals surface area contributed by atoms with Gasteiger partial charge in [-0.3, -0.25) is 0 Å². The lowest BCUT2D eigenvalue weighted by molar-refractivity contribution is 0.0920. The van der Waals surface area contributed by atoms with Crippen LogP contribution in [0.3, 0.4) is 0 Å². The third kappa shape index (κ3) is 4.88. The van der Waals surface area contributed by atoms with Crippen LogP contribution in [-0.4, -0.2) is 27.8 Å². The third-order valence-electron chi connectivity index (χ3n) is 5.68. The maximum atomic E-state index is 12.6. The normalized spacial score (nSPS) is 20.3. The van der Waals surface area contributed by atoms with E-state index in [1.807, 2.05) is 53.2 Å². The van der Waals surface area contributed by atoms with Gasteiger partial charge in [0.1, 0.15) is 6.61 Å². The number of carbonyl (C=O) groups is 1. The summed E-state index contributed by atoms with van der Waals surface area (Å²) in [6, 6.07) is 14.2. The van der Waals surface area contributed by atoms with Crippen LogP contribution >= 0.6 is 11.8 Å². The Morgan fingerprint density at radius 1 is 1.04 bits per heavy atom. The number of amides is 1. The highest BCUT2D eigenvalue weighted by molar-refractivity contribution is 7.99. The zero-order chi connectivity index (χ0) is 19.2. The standard InChI is InChI=1S/C23H28N2O2S/c26-23(27-17-18-8-3-1-4-9-18)25-15-7-12-21(25)19-13-14-22(24-16-19)28-20-10-5-2-6-11-20/h1,3-4,8-9,13-14,16,20-21H,2,5-7,10-12,15,17H2/t21-/m0/s1. The van der Waals surface area contributed by atoms with Crippen LogP contribution in [0.15, 0.2) is 53.7 Å². The van der Waals surface area contributed by atoms with Crippen LogP contribution in [-0.2, 0) is 11.3 Å². The number of hydrogen-bond acceptors (Lipinski definition) is 4. The van der Waals surface area contributed by atoms with Gasteiger partial charge in [0.25, 0.3) is 0 Å². The number of likely N-dealkylation sites (tertiary alicyclic amines) is 1. The Morgan fingerprint density at radius 3 is 2.61 bits per heavy atom. The van der Waals surface area contributed by atoms with Crippen LogP contribution in [0.25, 0.3) is 0 Å². The SMILES string of the molecule is O=C(OCc1ccccc1)N1CCC[C@H]1c1ccc(SC2CCCCC2)nc1. The van der Waals surface area contributed by atoms with E-state index in [1.165, 1.54) is 32.1 Å². The molecule has 0 N–H and O–H groups in total. The van der Waals surface area contributed by atoms with E-state index in [9.17, 15) is 4.79 Å². The molecule has 1 saturated heterocycles. The van der Waals surface area contributed by atoms with Gasteiger partial charge in [-0.05, 0) is 42.9 Å². The first-order chi connectivity index (χ1) is 13.8. The molecule has 28 heavy (non-hydrogen) atoms. The number of pyridine rings is 1. The van der Waals surface area contributed by atoms with Crippen molar-refractivity contribution in [3.05, 3.63) is 59.8 Å². The molecular weight excluding hydrogens is 368 g/mol. The van der Waals surface area contributed by atoms with Gasteiger partial charge in [0.15, 0.2) is 0 Å². The van der Waals surface area contributed by atoms with Gasteiger partial charge < -0.3 is 9.64 Å². The van der Waals surface area contributed by atoms with Crippen molar-refractivity contribution in [1.29, 1.82) is 0 Å². The van der Waals surface area contributed by atoms with Crippen molar-refractivity contribution >= 4 is 17.9 Å². The molecule has 4 rings (SSSR count). The van der Waals surface area contributed by atoms with Gasteiger partial charge in [-0.1, -0.05) is 55.7 Å². The highest BCUT2D eigenvalue weighted by atomic mass is 32.2. The lowest BCUT2D eigenvalue weighted by Gasteiger charge is -2.24. The summed E-state index contributed by atoms with van der Waals surface area (Å²) < 4.78 is 5.55. The van der Waals surface area contributed by atoms with E-state index >= 15 is 0 Å². The first-order valence-electron chi connectivity index (χ1n) is 10.4. The summed E-state index contributed by atoms with van der Waals surface area (Å²) in [5, 5.41) is 1.81. The Labute approximate surface area is 171 Å². The maximum absolute atomic E-state index is 12.6. The zero-order valence-corrected chi connectivity index (χ0v) is 17.1. The molecular formula is C23H28N2O2S. The molecule has 2 heterocycles. The summed E-state index contributed by atoms with van der Waals surface area (Å²) >= 11 is 1.91. The van der Waals surface area contributed by atoms with Crippen molar-refractivity contribution in [2.45, 2.75) is 67.9 Å². The Kier molecular flexibility index (Phi) is 6.53. The highest BCUT2D eigenvalue weighted by Gasteiger charge is 2.31. The van der Waals surface area contributed by atoms with Gasteiger partial charge >= 0.3 is 6.09 Å². The van der Waals surface area contributed by atoms with Crippen LogP contribution in [0.5, 0.6) is 0 Å². The van der Waals surface area contributed by atoms with E-state index in [2.05, 4.69) is 17.1 Å². The number of aromatic nitrogens is 1. The molecule has 5 heteroatoms. The van der Waals surface area contributed by atoms with Gasteiger partial charge in [-0.2, -0.15) is 0 Å². The number of benzene rings is 1. The van der Waals surface area contributed by atoms with Gasteiger partial charge in [-0.15, -0.1) is 11.8 Å². The molecule has 1 saturated carbocycles. The molecule has 2 aliphatic rings. The van der Waals surface area contributed by atoms with Crippen LogP contribution < -0.4 is 0 Å². The maximum Gasteiger partial charge on any atom is 0.410 e. The van der Waals surface area contributed by atoms with E-state index < -0.39 is 0 Å². The Balaban J connectivity index is 1.35. The number of carbonyl (C=O) groups excluding carboxylic acids is 1. The minimum absolute atomic E-state index is 0.0736. The zero-order valence-electron chi connectivity index (χ0n) is 16.3. The second kappa shape index (κ2) is 9.46. The quantitative estimate of drug-likeness (QED) is 0.623. The summed E-state index contributed by atoms with van der Waals surface area (Å²) in [5.41, 5.74) is 2.12. The predicted molar refractivity (Wildman–Crippen MR) is 112 cm³/mol. The molecule has 4 nitrogen and oxygen atoms in total. The fourth-order valence-corrected chi connectivity index (χ4v) is 5.32. The number of nitrogens with zero attached hydrogens (tertiary/aromatic N) is 2. The molecule has 2 fully saturated rings. The number of thioether (sulfide) groups is 1. The summed E-state index contributed by atoms with van der Waals surface area (Å²) in [5.74, 6) is 0. The molecule has 0 bridgehead atoms. The van der Waals surface area contributed by atoms with Crippen molar-refractivity contribution in [3.8, 4) is 0 Å². The van der Waals surface area contributed by atoms with Crippen molar-refractivity contribution in [2.75, 3.05) is 6.54 Å². The van der Waals surface area contributed by atoms with Crippen LogP contribution in [0.4, 0.5) is 4.79 Å². The van der Waals surface area contributed by atoms with Gasteiger partial charge in [0, 0.05) is 18.0 Å². The second-order valence-corrected chi connectivity index (χ2v) is 9.02. The molecule has 0 unspecified atom stereocenters. The monoisotopic (exact) mass is 396 g/mol. The van der Waals surface area contributed by atoms with Crippen LogP contribution in [0, 0.1) is 0 Å². The average molecular weight is 397 g/mol. The average Bonchev–Trinajstić information content (AvgIpc) is 3.24. The molecule has 148 valence electrons. The number of hydrogen-bond donors (Lipinski definition) is 0. The molecule has 1 amide bonds.